The first-order chi connectivity index (χ1) is 16.7. The van der Waals surface area contributed by atoms with Crippen LogP contribution in [0.5, 0.6) is 0 Å². The zero-order valence-electron chi connectivity index (χ0n) is 19.2. The summed E-state index contributed by atoms with van der Waals surface area (Å²) in [7, 11) is 0. The molecule has 2 aliphatic heterocycles. The van der Waals surface area contributed by atoms with Crippen LogP contribution in [0.4, 0.5) is 13.2 Å². The van der Waals surface area contributed by atoms with Crippen LogP contribution in [0.2, 0.25) is 0 Å². The molecular weight excluding hydrogens is 463 g/mol. The van der Waals surface area contributed by atoms with E-state index >= 15 is 0 Å². The summed E-state index contributed by atoms with van der Waals surface area (Å²) in [6, 6.07) is 12.3. The standard InChI is InChI=1S/C23H25N3O2.C2HF3O2/c1-2-19-15-25-10-8-17(13-22(25)24-19)23(27)26-11-9-20-18(14-26)12-21(28-20)16-6-4-3-5-7-16;3-2(4,5)1(6)7/h3-7,12,15,17H,2,8-11,13-14H2,1H3;(H,6,7). The number of imidazole rings is 1. The van der Waals surface area contributed by atoms with Gasteiger partial charge < -0.3 is 19.0 Å². The number of aryl methyl sites for hydroxylation is 2. The normalized spacial score (nSPS) is 17.1. The van der Waals surface area contributed by atoms with E-state index in [0.29, 0.717) is 6.54 Å². The number of carboxylic acids is 1. The van der Waals surface area contributed by atoms with Crippen LogP contribution in [0, 0.1) is 5.92 Å². The molecule has 0 radical (unpaired) electrons. The van der Waals surface area contributed by atoms with E-state index in [4.69, 9.17) is 19.3 Å². The van der Waals surface area contributed by atoms with Gasteiger partial charge in [-0.3, -0.25) is 4.79 Å². The van der Waals surface area contributed by atoms with Crippen molar-refractivity contribution < 1.29 is 32.3 Å². The highest BCUT2D eigenvalue weighted by molar-refractivity contribution is 5.79. The van der Waals surface area contributed by atoms with Crippen LogP contribution in [0.3, 0.4) is 0 Å². The van der Waals surface area contributed by atoms with Crippen molar-refractivity contribution in [2.75, 3.05) is 6.54 Å². The number of aromatic nitrogens is 2. The van der Waals surface area contributed by atoms with Crippen molar-refractivity contribution in [2.24, 2.45) is 5.92 Å². The van der Waals surface area contributed by atoms with Crippen LogP contribution in [0.25, 0.3) is 11.3 Å². The molecule has 2 aromatic heterocycles. The van der Waals surface area contributed by atoms with Crippen LogP contribution in [-0.2, 0) is 41.9 Å². The first-order valence-corrected chi connectivity index (χ1v) is 11.5. The Labute approximate surface area is 200 Å². The van der Waals surface area contributed by atoms with Crippen LogP contribution in [-0.4, -0.2) is 44.2 Å². The SMILES string of the molecule is CCc1cn2c(n1)CC(C(=O)N1CCc3oc(-c4ccccc4)cc3C1)CC2.O=C(O)C(F)(F)F. The number of furan rings is 1. The second-order valence-electron chi connectivity index (χ2n) is 8.62. The fourth-order valence-electron chi connectivity index (χ4n) is 4.39. The van der Waals surface area contributed by atoms with E-state index in [2.05, 4.69) is 35.9 Å². The molecule has 3 aromatic rings. The maximum absolute atomic E-state index is 13.2. The quantitative estimate of drug-likeness (QED) is 0.586. The van der Waals surface area contributed by atoms with E-state index in [9.17, 15) is 18.0 Å². The third kappa shape index (κ3) is 5.58. The molecule has 0 saturated heterocycles. The number of aliphatic carboxylic acids is 1. The van der Waals surface area contributed by atoms with Crippen LogP contribution >= 0.6 is 0 Å². The summed E-state index contributed by atoms with van der Waals surface area (Å²) >= 11 is 0. The lowest BCUT2D eigenvalue weighted by molar-refractivity contribution is -0.192. The van der Waals surface area contributed by atoms with Gasteiger partial charge in [0, 0.05) is 55.7 Å². The number of nitrogens with zero attached hydrogens (tertiary/aromatic N) is 3. The van der Waals surface area contributed by atoms with Crippen LogP contribution < -0.4 is 0 Å². The minimum absolute atomic E-state index is 0.0432. The molecule has 186 valence electrons. The van der Waals surface area contributed by atoms with E-state index in [1.54, 1.807) is 0 Å². The number of amides is 1. The molecule has 4 heterocycles. The summed E-state index contributed by atoms with van der Waals surface area (Å²) in [6.07, 6.45) is 0.435. The minimum Gasteiger partial charge on any atom is -0.475 e. The Kier molecular flexibility index (Phi) is 7.00. The average Bonchev–Trinajstić information content (AvgIpc) is 3.46. The number of carboxylic acid groups (broad SMARTS) is 1. The zero-order valence-corrected chi connectivity index (χ0v) is 19.2. The third-order valence-corrected chi connectivity index (χ3v) is 6.25. The Hall–Kier alpha value is -3.56. The zero-order chi connectivity index (χ0) is 25.2. The highest BCUT2D eigenvalue weighted by atomic mass is 19.4. The topological polar surface area (TPSA) is 88.6 Å². The molecule has 35 heavy (non-hydrogen) atoms. The van der Waals surface area contributed by atoms with Crippen molar-refractivity contribution in [1.29, 1.82) is 0 Å². The molecule has 0 bridgehead atoms. The predicted molar refractivity (Wildman–Crippen MR) is 120 cm³/mol. The number of hydrogen-bond donors (Lipinski definition) is 1. The van der Waals surface area contributed by atoms with Gasteiger partial charge in [-0.25, -0.2) is 9.78 Å². The van der Waals surface area contributed by atoms with Crippen molar-refractivity contribution in [3.8, 4) is 11.3 Å². The van der Waals surface area contributed by atoms with Gasteiger partial charge in [-0.05, 0) is 18.9 Å². The Balaban J connectivity index is 0.000000364. The Morgan fingerprint density at radius 3 is 2.57 bits per heavy atom. The van der Waals surface area contributed by atoms with Gasteiger partial charge in [-0.15, -0.1) is 0 Å². The molecule has 0 spiro atoms. The molecule has 1 N–H and O–H groups in total. The molecule has 2 aliphatic rings. The van der Waals surface area contributed by atoms with Gasteiger partial charge in [-0.1, -0.05) is 37.3 Å². The lowest BCUT2D eigenvalue weighted by Gasteiger charge is -2.31. The van der Waals surface area contributed by atoms with Gasteiger partial charge in [0.15, 0.2) is 0 Å². The van der Waals surface area contributed by atoms with E-state index in [0.717, 1.165) is 72.9 Å². The van der Waals surface area contributed by atoms with Gasteiger partial charge >= 0.3 is 12.1 Å². The molecule has 0 aliphatic carbocycles. The van der Waals surface area contributed by atoms with Crippen LogP contribution in [0.1, 0.15) is 36.2 Å². The number of carbonyl (C=O) groups excluding carboxylic acids is 1. The van der Waals surface area contributed by atoms with Crippen molar-refractivity contribution in [2.45, 2.75) is 51.9 Å². The fourth-order valence-corrected chi connectivity index (χ4v) is 4.39. The summed E-state index contributed by atoms with van der Waals surface area (Å²) in [5.74, 6) is 0.532. The molecule has 1 unspecified atom stereocenters. The van der Waals surface area contributed by atoms with Gasteiger partial charge in [0.05, 0.1) is 5.69 Å². The second kappa shape index (κ2) is 9.97. The smallest absolute Gasteiger partial charge is 0.475 e. The van der Waals surface area contributed by atoms with Gasteiger partial charge in [-0.2, -0.15) is 13.2 Å². The summed E-state index contributed by atoms with van der Waals surface area (Å²) < 4.78 is 40.0. The third-order valence-electron chi connectivity index (χ3n) is 6.25. The highest BCUT2D eigenvalue weighted by Crippen LogP contribution is 2.31. The Bertz CT molecular complexity index is 1200. The monoisotopic (exact) mass is 489 g/mol. The molecule has 1 atom stereocenters. The molecule has 0 saturated carbocycles. The number of halogens is 3. The average molecular weight is 489 g/mol. The van der Waals surface area contributed by atoms with Crippen molar-refractivity contribution in [3.05, 3.63) is 65.4 Å². The van der Waals surface area contributed by atoms with E-state index in [-0.39, 0.29) is 11.8 Å². The number of alkyl halides is 3. The van der Waals surface area contributed by atoms with E-state index < -0.39 is 12.1 Å². The summed E-state index contributed by atoms with van der Waals surface area (Å²) in [5, 5.41) is 7.12. The van der Waals surface area contributed by atoms with Gasteiger partial charge in [0.2, 0.25) is 5.91 Å². The predicted octanol–water partition coefficient (Wildman–Crippen LogP) is 4.49. The van der Waals surface area contributed by atoms with Gasteiger partial charge in [0.1, 0.15) is 17.3 Å². The maximum Gasteiger partial charge on any atom is 0.490 e. The first-order valence-electron chi connectivity index (χ1n) is 11.5. The molecule has 10 heteroatoms. The first kappa shape index (κ1) is 24.6. The Morgan fingerprint density at radius 2 is 1.91 bits per heavy atom. The van der Waals surface area contributed by atoms with E-state index in [1.165, 1.54) is 0 Å². The number of fused-ring (bicyclic) bond motifs is 2. The summed E-state index contributed by atoms with van der Waals surface area (Å²) in [5.41, 5.74) is 3.35. The molecule has 1 amide bonds. The highest BCUT2D eigenvalue weighted by Gasteiger charge is 2.38. The number of benzene rings is 1. The summed E-state index contributed by atoms with van der Waals surface area (Å²) in [4.78, 5) is 28.8. The number of rotatable bonds is 3. The van der Waals surface area contributed by atoms with Crippen molar-refractivity contribution in [1.82, 2.24) is 14.5 Å². The molecule has 1 aromatic carbocycles. The maximum atomic E-state index is 13.2. The number of carbonyl (C=O) groups is 2. The Morgan fingerprint density at radius 1 is 1.20 bits per heavy atom. The van der Waals surface area contributed by atoms with Crippen molar-refractivity contribution >= 4 is 11.9 Å². The fraction of sp³-hybridized carbons (Fsp3) is 0.400. The lowest BCUT2D eigenvalue weighted by atomic mass is 9.95. The molecule has 5 rings (SSSR count). The number of hydrogen-bond acceptors (Lipinski definition) is 4. The summed E-state index contributed by atoms with van der Waals surface area (Å²) in [6.45, 7) is 4.40. The van der Waals surface area contributed by atoms with Crippen LogP contribution in [0.15, 0.2) is 47.0 Å². The molecule has 7 nitrogen and oxygen atoms in total. The molecular formula is C25H26F3N3O4. The largest absolute Gasteiger partial charge is 0.490 e. The molecule has 0 fully saturated rings. The van der Waals surface area contributed by atoms with Crippen molar-refractivity contribution in [3.63, 3.8) is 0 Å². The second-order valence-corrected chi connectivity index (χ2v) is 8.62. The lowest BCUT2D eigenvalue weighted by Crippen LogP contribution is -2.41. The van der Waals surface area contributed by atoms with Gasteiger partial charge in [0.25, 0.3) is 0 Å². The minimum atomic E-state index is -5.08. The van der Waals surface area contributed by atoms with E-state index in [1.807, 2.05) is 23.1 Å².